The van der Waals surface area contributed by atoms with Crippen LogP contribution >= 0.6 is 15.9 Å². The summed E-state index contributed by atoms with van der Waals surface area (Å²) in [6.07, 6.45) is -0.221. The number of halogens is 1. The first-order valence-corrected chi connectivity index (χ1v) is 6.17. The summed E-state index contributed by atoms with van der Waals surface area (Å²) >= 11 is 3.36. The van der Waals surface area contributed by atoms with Gasteiger partial charge in [-0.1, -0.05) is 28.1 Å². The highest BCUT2D eigenvalue weighted by Gasteiger charge is 2.34. The van der Waals surface area contributed by atoms with Crippen LogP contribution in [-0.4, -0.2) is 35.0 Å². The molecule has 0 bridgehead atoms. The Balaban J connectivity index is 2.33. The van der Waals surface area contributed by atoms with Gasteiger partial charge in [-0.2, -0.15) is 0 Å². The largest absolute Gasteiger partial charge is 0.444 e. The number of hydrogen-bond donors (Lipinski definition) is 0. The molecule has 0 aliphatic carbocycles. The predicted molar refractivity (Wildman–Crippen MR) is 64.2 cm³/mol. The van der Waals surface area contributed by atoms with Crippen LogP contribution in [0.2, 0.25) is 0 Å². The minimum absolute atomic E-state index is 0.221. The van der Waals surface area contributed by atoms with Crippen LogP contribution in [0.3, 0.4) is 0 Å². The lowest BCUT2D eigenvalue weighted by Crippen LogP contribution is -2.52. The van der Waals surface area contributed by atoms with Crippen molar-refractivity contribution in [1.82, 2.24) is 4.90 Å². The SMILES string of the molecule is C=C(CBr)C1CN(C(=O)OC(C)(C)C)C1. The number of likely N-dealkylation sites (tertiary alicyclic amines) is 1. The standard InChI is InChI=1S/C11H18BrNO2/c1-8(5-12)9-6-13(7-9)10(14)15-11(2,3)4/h9H,1,5-7H2,2-4H3. The molecular weight excluding hydrogens is 258 g/mol. The Morgan fingerprint density at radius 1 is 1.53 bits per heavy atom. The second-order valence-electron chi connectivity index (χ2n) is 4.87. The minimum Gasteiger partial charge on any atom is -0.444 e. The van der Waals surface area contributed by atoms with Crippen LogP contribution in [0.5, 0.6) is 0 Å². The van der Waals surface area contributed by atoms with E-state index in [1.54, 1.807) is 4.90 Å². The Morgan fingerprint density at radius 3 is 2.47 bits per heavy atom. The molecule has 1 fully saturated rings. The summed E-state index contributed by atoms with van der Waals surface area (Å²) < 4.78 is 5.25. The molecule has 0 aromatic heterocycles. The molecule has 0 N–H and O–H groups in total. The van der Waals surface area contributed by atoms with Crippen LogP contribution in [0.15, 0.2) is 12.2 Å². The van der Waals surface area contributed by atoms with Crippen molar-refractivity contribution in [3.8, 4) is 0 Å². The monoisotopic (exact) mass is 275 g/mol. The van der Waals surface area contributed by atoms with Crippen molar-refractivity contribution in [2.75, 3.05) is 18.4 Å². The van der Waals surface area contributed by atoms with Crippen LogP contribution < -0.4 is 0 Å². The van der Waals surface area contributed by atoms with Crippen molar-refractivity contribution < 1.29 is 9.53 Å². The molecule has 1 aliphatic heterocycles. The molecule has 1 rings (SSSR count). The van der Waals surface area contributed by atoms with E-state index >= 15 is 0 Å². The average molecular weight is 276 g/mol. The van der Waals surface area contributed by atoms with Gasteiger partial charge in [-0.3, -0.25) is 0 Å². The molecule has 0 aromatic carbocycles. The van der Waals surface area contributed by atoms with Crippen molar-refractivity contribution in [2.45, 2.75) is 26.4 Å². The maximum Gasteiger partial charge on any atom is 0.410 e. The van der Waals surface area contributed by atoms with E-state index in [9.17, 15) is 4.79 Å². The van der Waals surface area contributed by atoms with Crippen molar-refractivity contribution in [1.29, 1.82) is 0 Å². The molecule has 0 radical (unpaired) electrons. The molecule has 1 amide bonds. The lowest BCUT2D eigenvalue weighted by atomic mass is 9.94. The smallest absolute Gasteiger partial charge is 0.410 e. The summed E-state index contributed by atoms with van der Waals surface area (Å²) in [6.45, 7) is 11.0. The fraction of sp³-hybridized carbons (Fsp3) is 0.727. The average Bonchev–Trinajstić information content (AvgIpc) is 1.97. The molecule has 4 heteroatoms. The zero-order valence-electron chi connectivity index (χ0n) is 9.55. The van der Waals surface area contributed by atoms with Crippen molar-refractivity contribution in [3.63, 3.8) is 0 Å². The van der Waals surface area contributed by atoms with E-state index in [4.69, 9.17) is 4.74 Å². The van der Waals surface area contributed by atoms with Gasteiger partial charge in [0.05, 0.1) is 0 Å². The van der Waals surface area contributed by atoms with Crippen LogP contribution in [0.25, 0.3) is 0 Å². The van der Waals surface area contributed by atoms with E-state index < -0.39 is 5.60 Å². The lowest BCUT2D eigenvalue weighted by molar-refractivity contribution is 0.00384. The first kappa shape index (κ1) is 12.6. The van der Waals surface area contributed by atoms with Gasteiger partial charge in [-0.15, -0.1) is 0 Å². The third-order valence-corrected chi connectivity index (χ3v) is 3.00. The van der Waals surface area contributed by atoms with Crippen LogP contribution in [0.1, 0.15) is 20.8 Å². The minimum atomic E-state index is -0.408. The molecule has 1 aliphatic rings. The molecule has 0 spiro atoms. The van der Waals surface area contributed by atoms with E-state index in [0.717, 1.165) is 24.0 Å². The molecule has 1 heterocycles. The van der Waals surface area contributed by atoms with Crippen LogP contribution in [0, 0.1) is 5.92 Å². The summed E-state index contributed by atoms with van der Waals surface area (Å²) in [5.74, 6) is 0.428. The predicted octanol–water partition coefficient (Wildman–Crippen LogP) is 2.80. The van der Waals surface area contributed by atoms with Crippen molar-refractivity contribution in [2.24, 2.45) is 5.92 Å². The number of alkyl halides is 1. The molecule has 0 aromatic rings. The molecule has 0 atom stereocenters. The summed E-state index contributed by atoms with van der Waals surface area (Å²) in [6, 6.07) is 0. The maximum absolute atomic E-state index is 11.6. The maximum atomic E-state index is 11.6. The zero-order chi connectivity index (χ0) is 11.6. The first-order valence-electron chi connectivity index (χ1n) is 5.05. The highest BCUT2D eigenvalue weighted by Crippen LogP contribution is 2.25. The lowest BCUT2D eigenvalue weighted by Gasteiger charge is -2.40. The molecule has 15 heavy (non-hydrogen) atoms. The Morgan fingerprint density at radius 2 is 2.07 bits per heavy atom. The fourth-order valence-electron chi connectivity index (χ4n) is 1.32. The number of carbonyl (C=O) groups excluding carboxylic acids is 1. The van der Waals surface area contributed by atoms with Gasteiger partial charge in [0.1, 0.15) is 5.60 Å². The van der Waals surface area contributed by atoms with Crippen molar-refractivity contribution >= 4 is 22.0 Å². The molecule has 86 valence electrons. The number of rotatable bonds is 2. The Hall–Kier alpha value is -0.510. The van der Waals surface area contributed by atoms with E-state index in [1.165, 1.54) is 0 Å². The van der Waals surface area contributed by atoms with E-state index in [-0.39, 0.29) is 6.09 Å². The first-order chi connectivity index (χ1) is 6.83. The number of amides is 1. The van der Waals surface area contributed by atoms with Crippen LogP contribution in [0.4, 0.5) is 4.79 Å². The van der Waals surface area contributed by atoms with Gasteiger partial charge in [0.25, 0.3) is 0 Å². The molecule has 0 saturated carbocycles. The van der Waals surface area contributed by atoms with Gasteiger partial charge in [0, 0.05) is 24.3 Å². The molecular formula is C11H18BrNO2. The van der Waals surface area contributed by atoms with E-state index in [1.807, 2.05) is 20.8 Å². The molecule has 0 unspecified atom stereocenters. The summed E-state index contributed by atoms with van der Waals surface area (Å²) in [7, 11) is 0. The Labute approximate surface area is 99.6 Å². The van der Waals surface area contributed by atoms with Gasteiger partial charge < -0.3 is 9.64 Å². The normalized spacial score (nSPS) is 17.2. The zero-order valence-corrected chi connectivity index (χ0v) is 11.1. The number of hydrogen-bond acceptors (Lipinski definition) is 2. The highest BCUT2D eigenvalue weighted by atomic mass is 79.9. The van der Waals surface area contributed by atoms with E-state index in [2.05, 4.69) is 22.5 Å². The third-order valence-electron chi connectivity index (χ3n) is 2.28. The second kappa shape index (κ2) is 4.56. The number of nitrogens with zero attached hydrogens (tertiary/aromatic N) is 1. The van der Waals surface area contributed by atoms with E-state index in [0.29, 0.717) is 5.92 Å². The van der Waals surface area contributed by atoms with Crippen LogP contribution in [-0.2, 0) is 4.74 Å². The Bertz CT molecular complexity index is 264. The van der Waals surface area contributed by atoms with Gasteiger partial charge in [0.15, 0.2) is 0 Å². The fourth-order valence-corrected chi connectivity index (χ4v) is 1.78. The summed E-state index contributed by atoms with van der Waals surface area (Å²) in [5.41, 5.74) is 0.740. The molecule has 1 saturated heterocycles. The summed E-state index contributed by atoms with van der Waals surface area (Å²) in [5, 5.41) is 0.805. The van der Waals surface area contributed by atoms with Gasteiger partial charge in [-0.25, -0.2) is 4.79 Å². The third kappa shape index (κ3) is 3.52. The van der Waals surface area contributed by atoms with Crippen molar-refractivity contribution in [3.05, 3.63) is 12.2 Å². The number of ether oxygens (including phenoxy) is 1. The number of carbonyl (C=O) groups is 1. The topological polar surface area (TPSA) is 29.5 Å². The van der Waals surface area contributed by atoms with Gasteiger partial charge in [-0.05, 0) is 20.8 Å². The Kier molecular flexibility index (Phi) is 3.82. The quantitative estimate of drug-likeness (QED) is 0.573. The van der Waals surface area contributed by atoms with Gasteiger partial charge in [0.2, 0.25) is 0 Å². The summed E-state index contributed by atoms with van der Waals surface area (Å²) in [4.78, 5) is 13.3. The molecule has 3 nitrogen and oxygen atoms in total. The van der Waals surface area contributed by atoms with Gasteiger partial charge >= 0.3 is 6.09 Å². The highest BCUT2D eigenvalue weighted by molar-refractivity contribution is 9.09. The second-order valence-corrected chi connectivity index (χ2v) is 5.43.